The van der Waals surface area contributed by atoms with Crippen LogP contribution in [0.4, 0.5) is 0 Å². The first-order valence-corrected chi connectivity index (χ1v) is 6.10. The summed E-state index contributed by atoms with van der Waals surface area (Å²) in [5.74, 6) is -2.04. The maximum Gasteiger partial charge on any atom is 0.310 e. The Morgan fingerprint density at radius 1 is 1.40 bits per heavy atom. The molecule has 20 heavy (non-hydrogen) atoms. The van der Waals surface area contributed by atoms with Crippen molar-refractivity contribution in [3.05, 3.63) is 5.21 Å². The average molecular weight is 286 g/mol. The second kappa shape index (κ2) is 5.72. The third kappa shape index (κ3) is 2.95. The minimum atomic E-state index is -0.957. The monoisotopic (exact) mass is 286 g/mol. The Morgan fingerprint density at radius 2 is 2.00 bits per heavy atom. The molecular formula is C10H14N4O6. The van der Waals surface area contributed by atoms with Gasteiger partial charge >= 0.3 is 5.97 Å². The van der Waals surface area contributed by atoms with Crippen molar-refractivity contribution in [2.75, 3.05) is 26.2 Å². The highest BCUT2D eigenvalue weighted by Crippen LogP contribution is 2.15. The average Bonchev–Trinajstić information content (AvgIpc) is 2.63. The van der Waals surface area contributed by atoms with Gasteiger partial charge in [-0.25, -0.2) is 0 Å². The Hall–Kier alpha value is -2.39. The van der Waals surface area contributed by atoms with E-state index >= 15 is 0 Å². The van der Waals surface area contributed by atoms with Crippen molar-refractivity contribution < 1.29 is 29.3 Å². The third-order valence-corrected chi connectivity index (χ3v) is 3.14. The molecule has 0 aromatic heterocycles. The summed E-state index contributed by atoms with van der Waals surface area (Å²) >= 11 is 0. The molecule has 2 aliphatic rings. The first-order chi connectivity index (χ1) is 9.49. The van der Waals surface area contributed by atoms with Crippen molar-refractivity contribution in [2.24, 2.45) is 11.2 Å². The fourth-order valence-corrected chi connectivity index (χ4v) is 1.90. The molecule has 0 radical (unpaired) electrons. The van der Waals surface area contributed by atoms with E-state index in [0.29, 0.717) is 0 Å². The number of carbonyl (C=O) groups excluding carboxylic acids is 2. The highest BCUT2D eigenvalue weighted by Gasteiger charge is 2.38. The van der Waals surface area contributed by atoms with Crippen molar-refractivity contribution >= 4 is 17.8 Å². The lowest BCUT2D eigenvalue weighted by Gasteiger charge is -2.31. The van der Waals surface area contributed by atoms with Crippen LogP contribution in [0, 0.1) is 11.1 Å². The number of nitrogens with zero attached hydrogens (tertiary/aromatic N) is 4. The smallest absolute Gasteiger partial charge is 0.310 e. The molecule has 0 unspecified atom stereocenters. The van der Waals surface area contributed by atoms with Crippen molar-refractivity contribution in [3.63, 3.8) is 0 Å². The zero-order valence-corrected chi connectivity index (χ0v) is 10.6. The van der Waals surface area contributed by atoms with Crippen LogP contribution in [0.1, 0.15) is 12.8 Å². The normalized spacial score (nSPS) is 20.3. The van der Waals surface area contributed by atoms with Crippen LogP contribution >= 0.6 is 0 Å². The van der Waals surface area contributed by atoms with Gasteiger partial charge < -0.3 is 15.2 Å². The van der Waals surface area contributed by atoms with E-state index in [0.717, 1.165) is 9.91 Å². The molecular weight excluding hydrogens is 272 g/mol. The Morgan fingerprint density at radius 3 is 2.55 bits per heavy atom. The Bertz CT molecular complexity index is 443. The van der Waals surface area contributed by atoms with Gasteiger partial charge in [0.05, 0.1) is 24.6 Å². The number of likely N-dealkylation sites (tertiary alicyclic amines) is 1. The van der Waals surface area contributed by atoms with Gasteiger partial charge in [-0.3, -0.25) is 19.3 Å². The molecule has 0 aliphatic carbocycles. The number of carbonyl (C=O) groups is 3. The number of hydrogen-bond acceptors (Lipinski definition) is 6. The second-order valence-corrected chi connectivity index (χ2v) is 4.51. The molecule has 0 saturated carbocycles. The molecule has 110 valence electrons. The Balaban J connectivity index is 1.68. The molecule has 2 fully saturated rings. The minimum absolute atomic E-state index is 0.0484. The van der Waals surface area contributed by atoms with E-state index in [4.69, 9.17) is 9.94 Å². The number of carboxylic acids is 1. The number of rotatable bonds is 6. The van der Waals surface area contributed by atoms with Crippen LogP contribution in [0.2, 0.25) is 0 Å². The lowest BCUT2D eigenvalue weighted by atomic mass is 10.0. The minimum Gasteiger partial charge on any atom is -0.569 e. The van der Waals surface area contributed by atoms with E-state index in [1.54, 1.807) is 0 Å². The van der Waals surface area contributed by atoms with Gasteiger partial charge in [0, 0.05) is 12.8 Å². The number of carboxylic acid groups (broad SMARTS) is 1. The molecule has 0 spiro atoms. The second-order valence-electron chi connectivity index (χ2n) is 4.51. The Labute approximate surface area is 113 Å². The quantitative estimate of drug-likeness (QED) is 0.217. The molecule has 2 rings (SSSR count). The molecule has 10 nitrogen and oxygen atoms in total. The maximum absolute atomic E-state index is 11.3. The largest absolute Gasteiger partial charge is 0.569 e. The summed E-state index contributed by atoms with van der Waals surface area (Å²) in [6, 6.07) is 0. The number of hydrogen-bond donors (Lipinski definition) is 1. The predicted molar refractivity (Wildman–Crippen MR) is 60.7 cm³/mol. The highest BCUT2D eigenvalue weighted by atomic mass is 16.7. The number of imide groups is 1. The van der Waals surface area contributed by atoms with E-state index in [9.17, 15) is 19.6 Å². The molecule has 1 N–H and O–H groups in total. The van der Waals surface area contributed by atoms with E-state index in [-0.39, 0.29) is 55.9 Å². The van der Waals surface area contributed by atoms with Gasteiger partial charge in [-0.2, -0.15) is 0 Å². The fraction of sp³-hybridized carbons (Fsp3) is 0.700. The number of hydrazine groups is 1. The predicted octanol–water partition coefficient (Wildman–Crippen LogP) is -1.04. The summed E-state index contributed by atoms with van der Waals surface area (Å²) < 4.78 is 0. The topological polar surface area (TPSA) is 126 Å². The summed E-state index contributed by atoms with van der Waals surface area (Å²) in [7, 11) is 0. The summed E-state index contributed by atoms with van der Waals surface area (Å²) in [4.78, 5) is 39.0. The van der Waals surface area contributed by atoms with Gasteiger partial charge in [0.1, 0.15) is 12.5 Å². The lowest BCUT2D eigenvalue weighted by molar-refractivity contribution is -0.725. The van der Waals surface area contributed by atoms with Gasteiger partial charge in [0.15, 0.2) is 0 Å². The molecule has 2 heterocycles. The van der Waals surface area contributed by atoms with Crippen LogP contribution in [0.5, 0.6) is 0 Å². The molecule has 10 heteroatoms. The van der Waals surface area contributed by atoms with Crippen molar-refractivity contribution in [2.45, 2.75) is 12.8 Å². The van der Waals surface area contributed by atoms with E-state index < -0.39 is 11.9 Å². The van der Waals surface area contributed by atoms with Gasteiger partial charge in [-0.1, -0.05) is 0 Å². The molecule has 0 aromatic carbocycles. The van der Waals surface area contributed by atoms with Gasteiger partial charge in [-0.05, 0) is 0 Å². The summed E-state index contributed by atoms with van der Waals surface area (Å²) in [6.07, 6.45) is 0.405. The van der Waals surface area contributed by atoms with Crippen LogP contribution in [0.25, 0.3) is 0 Å². The van der Waals surface area contributed by atoms with Crippen molar-refractivity contribution in [1.82, 2.24) is 9.91 Å². The summed E-state index contributed by atoms with van der Waals surface area (Å²) in [5.41, 5.74) is 0. The first-order valence-electron chi connectivity index (χ1n) is 6.10. The number of amides is 2. The van der Waals surface area contributed by atoms with Crippen LogP contribution in [-0.4, -0.2) is 64.0 Å². The SMILES string of the molecule is O=C(O)C1CN(/[N+]([O-])=N/OCCN2C(=O)CCC2=O)C1. The standard InChI is InChI=1S/C10H14N4O6/c15-8-1-2-9(16)13(8)3-4-20-11-14(19)12-5-7(6-12)10(17)18/h7H,1-6H2,(H,17,18)/b14-11-. The van der Waals surface area contributed by atoms with Crippen molar-refractivity contribution in [1.29, 1.82) is 0 Å². The summed E-state index contributed by atoms with van der Waals surface area (Å²) in [5, 5.41) is 24.3. The van der Waals surface area contributed by atoms with E-state index in [1.165, 1.54) is 0 Å². The Kier molecular flexibility index (Phi) is 4.01. The van der Waals surface area contributed by atoms with E-state index in [2.05, 4.69) is 5.28 Å². The van der Waals surface area contributed by atoms with Gasteiger partial charge in [0.2, 0.25) is 17.1 Å². The molecule has 2 saturated heterocycles. The van der Waals surface area contributed by atoms with Gasteiger partial charge in [-0.15, -0.1) is 5.01 Å². The first kappa shape index (κ1) is 14.0. The molecule has 0 aromatic rings. The van der Waals surface area contributed by atoms with Gasteiger partial charge in [0.25, 0.3) is 0 Å². The zero-order valence-electron chi connectivity index (χ0n) is 10.6. The van der Waals surface area contributed by atoms with E-state index in [1.807, 2.05) is 0 Å². The molecule has 2 amide bonds. The summed E-state index contributed by atoms with van der Waals surface area (Å²) in [6.45, 7) is 0.128. The van der Waals surface area contributed by atoms with Crippen molar-refractivity contribution in [3.8, 4) is 0 Å². The molecule has 0 bridgehead atoms. The third-order valence-electron chi connectivity index (χ3n) is 3.14. The molecule has 0 atom stereocenters. The van der Waals surface area contributed by atoms with Crippen LogP contribution in [-0.2, 0) is 19.2 Å². The van der Waals surface area contributed by atoms with Crippen LogP contribution < -0.4 is 0 Å². The zero-order chi connectivity index (χ0) is 14.7. The lowest BCUT2D eigenvalue weighted by Crippen LogP contribution is -2.53. The highest BCUT2D eigenvalue weighted by molar-refractivity contribution is 6.01. The maximum atomic E-state index is 11.3. The van der Waals surface area contributed by atoms with Crippen LogP contribution in [0.3, 0.4) is 0 Å². The number of aliphatic carboxylic acids is 1. The molecule has 2 aliphatic heterocycles. The van der Waals surface area contributed by atoms with Crippen LogP contribution in [0.15, 0.2) is 5.28 Å². The fourth-order valence-electron chi connectivity index (χ4n) is 1.90.